The Hall–Kier alpha value is -2.52. The maximum Gasteiger partial charge on any atom is 0.255 e. The molecule has 6 aliphatic rings. The second kappa shape index (κ2) is 11.8. The Labute approximate surface area is 261 Å². The third-order valence-corrected chi connectivity index (χ3v) is 12.9. The largest absolute Gasteiger partial charge is 0.464 e. The highest BCUT2D eigenvalue weighted by molar-refractivity contribution is 8.13. The average molecular weight is 621 g/mol. The van der Waals surface area contributed by atoms with Crippen LogP contribution in [0.4, 0.5) is 0 Å². The van der Waals surface area contributed by atoms with Gasteiger partial charge in [0.1, 0.15) is 17.6 Å². The van der Waals surface area contributed by atoms with Crippen molar-refractivity contribution in [1.29, 1.82) is 0 Å². The van der Waals surface area contributed by atoms with Gasteiger partial charge in [0, 0.05) is 29.3 Å². The van der Waals surface area contributed by atoms with Gasteiger partial charge in [-0.15, -0.1) is 11.8 Å². The lowest BCUT2D eigenvalue weighted by atomic mass is 9.48. The Morgan fingerprint density at radius 2 is 1.72 bits per heavy atom. The van der Waals surface area contributed by atoms with Crippen LogP contribution in [0.3, 0.4) is 0 Å². The van der Waals surface area contributed by atoms with Gasteiger partial charge < -0.3 is 9.32 Å². The fourth-order valence-electron chi connectivity index (χ4n) is 8.94. The molecule has 3 heterocycles. The molecule has 1 aromatic heterocycles. The zero-order valence-corrected chi connectivity index (χ0v) is 26.4. The van der Waals surface area contributed by atoms with Crippen LogP contribution in [0.1, 0.15) is 98.6 Å². The lowest BCUT2D eigenvalue weighted by Gasteiger charge is -2.57. The number of piperidine rings is 1. The predicted molar refractivity (Wildman–Crippen MR) is 166 cm³/mol. The third kappa shape index (κ3) is 5.96. The van der Waals surface area contributed by atoms with Crippen LogP contribution in [0.5, 0.6) is 0 Å². The van der Waals surface area contributed by atoms with Crippen LogP contribution in [0.2, 0.25) is 0 Å². The van der Waals surface area contributed by atoms with Gasteiger partial charge in [-0.05, 0) is 111 Å². The van der Waals surface area contributed by atoms with E-state index in [1.807, 2.05) is 24.3 Å². The number of hydrogen-bond acceptors (Lipinski definition) is 7. The summed E-state index contributed by atoms with van der Waals surface area (Å²) in [5.74, 6) is 4.86. The van der Waals surface area contributed by atoms with E-state index in [0.29, 0.717) is 35.4 Å². The van der Waals surface area contributed by atoms with E-state index in [4.69, 9.17) is 4.42 Å². The molecule has 2 aromatic rings. The highest BCUT2D eigenvalue weighted by atomic mass is 32.2. The molecule has 1 N–H and O–H groups in total. The summed E-state index contributed by atoms with van der Waals surface area (Å²) in [7, 11) is 0. The van der Waals surface area contributed by atoms with Crippen LogP contribution in [-0.4, -0.2) is 33.8 Å². The van der Waals surface area contributed by atoms with Crippen LogP contribution in [0.25, 0.3) is 0 Å². The number of carbonyl (C=O) groups excluding carboxylic acids is 4. The molecule has 7 nitrogen and oxygen atoms in total. The molecule has 4 aliphatic carbocycles. The fourth-order valence-corrected chi connectivity index (χ4v) is 10.8. The first-order valence-electron chi connectivity index (χ1n) is 15.9. The maximum absolute atomic E-state index is 13.1. The van der Waals surface area contributed by atoms with Crippen molar-refractivity contribution in [2.45, 2.75) is 100 Å². The molecule has 4 bridgehead atoms. The molecule has 0 spiro atoms. The predicted octanol–water partition coefficient (Wildman–Crippen LogP) is 6.73. The van der Waals surface area contributed by atoms with E-state index in [-0.39, 0.29) is 29.3 Å². The molecule has 8 rings (SSSR count). The Morgan fingerprint density at radius 1 is 1.02 bits per heavy atom. The van der Waals surface area contributed by atoms with Gasteiger partial charge in [0.15, 0.2) is 5.12 Å². The lowest BCUT2D eigenvalue weighted by molar-refractivity contribution is -0.137. The monoisotopic (exact) mass is 620 g/mol. The molecule has 0 radical (unpaired) electrons. The Bertz CT molecular complexity index is 1410. The zero-order valence-electron chi connectivity index (χ0n) is 24.8. The van der Waals surface area contributed by atoms with Crippen molar-refractivity contribution >= 4 is 46.4 Å². The Balaban J connectivity index is 0.895. The summed E-state index contributed by atoms with van der Waals surface area (Å²) in [5, 5.41) is 2.62. The number of fused-ring (bicyclic) bond motifs is 1. The van der Waals surface area contributed by atoms with E-state index in [1.165, 1.54) is 56.7 Å². The topological polar surface area (TPSA) is 96.7 Å². The number of rotatable bonds is 10. The van der Waals surface area contributed by atoms with Gasteiger partial charge in [-0.25, -0.2) is 0 Å². The van der Waals surface area contributed by atoms with E-state index in [0.717, 1.165) is 46.2 Å². The standard InChI is InChI=1S/C34H40N2O5S2/c1-20(9-10-34-14-21-11-22(15-34)13-23(12-21)16-34)33(40)43-19-25-6-5-24(41-25)18-42-29-4-2-3-26-27(29)17-36(32(26)39)28-7-8-30(37)35-31(28)38/h2-6,20-23,28H,7-19H2,1H3,(H,35,37,38). The molecule has 43 heavy (non-hydrogen) atoms. The first kappa shape index (κ1) is 29.2. The number of imide groups is 1. The van der Waals surface area contributed by atoms with E-state index < -0.39 is 11.9 Å². The van der Waals surface area contributed by atoms with Crippen molar-refractivity contribution in [3.8, 4) is 0 Å². The van der Waals surface area contributed by atoms with Crippen molar-refractivity contribution in [3.05, 3.63) is 53.0 Å². The Kier molecular flexibility index (Phi) is 7.99. The van der Waals surface area contributed by atoms with Gasteiger partial charge >= 0.3 is 0 Å². The number of amides is 3. The molecule has 5 fully saturated rings. The minimum Gasteiger partial charge on any atom is -0.464 e. The quantitative estimate of drug-likeness (QED) is 0.233. The van der Waals surface area contributed by atoms with Crippen molar-refractivity contribution in [2.24, 2.45) is 29.1 Å². The molecule has 4 saturated carbocycles. The lowest BCUT2D eigenvalue weighted by Crippen LogP contribution is -2.52. The van der Waals surface area contributed by atoms with Crippen LogP contribution < -0.4 is 5.32 Å². The van der Waals surface area contributed by atoms with Gasteiger partial charge in [0.2, 0.25) is 11.8 Å². The number of benzene rings is 1. The first-order valence-corrected chi connectivity index (χ1v) is 17.9. The molecular weight excluding hydrogens is 581 g/mol. The van der Waals surface area contributed by atoms with Crippen LogP contribution in [-0.2, 0) is 32.4 Å². The number of carbonyl (C=O) groups is 4. The number of nitrogens with zero attached hydrogens (tertiary/aromatic N) is 1. The van der Waals surface area contributed by atoms with Crippen molar-refractivity contribution in [1.82, 2.24) is 10.2 Å². The molecule has 9 heteroatoms. The Morgan fingerprint density at radius 3 is 2.42 bits per heavy atom. The van der Waals surface area contributed by atoms with Gasteiger partial charge in [0.05, 0.1) is 11.5 Å². The first-order chi connectivity index (χ1) is 20.7. The van der Waals surface area contributed by atoms with E-state index in [2.05, 4.69) is 12.2 Å². The molecular formula is C34H40N2O5S2. The summed E-state index contributed by atoms with van der Waals surface area (Å²) in [6.45, 7) is 2.46. The minimum absolute atomic E-state index is 0.0746. The number of nitrogens with one attached hydrogen (secondary N) is 1. The summed E-state index contributed by atoms with van der Waals surface area (Å²) >= 11 is 2.98. The van der Waals surface area contributed by atoms with Crippen molar-refractivity contribution < 1.29 is 23.6 Å². The van der Waals surface area contributed by atoms with Crippen LogP contribution in [0, 0.1) is 29.1 Å². The van der Waals surface area contributed by atoms with Gasteiger partial charge in [0.25, 0.3) is 5.91 Å². The van der Waals surface area contributed by atoms with Crippen molar-refractivity contribution in [2.75, 3.05) is 0 Å². The second-order valence-corrected chi connectivity index (χ2v) is 15.8. The van der Waals surface area contributed by atoms with Crippen molar-refractivity contribution in [3.63, 3.8) is 0 Å². The van der Waals surface area contributed by atoms with Gasteiger partial charge in [-0.3, -0.25) is 24.5 Å². The number of furan rings is 1. The van der Waals surface area contributed by atoms with Gasteiger partial charge in [-0.1, -0.05) is 24.8 Å². The molecule has 3 amide bonds. The number of hydrogen-bond donors (Lipinski definition) is 1. The molecule has 1 saturated heterocycles. The maximum atomic E-state index is 13.1. The normalized spacial score (nSPS) is 30.1. The summed E-state index contributed by atoms with van der Waals surface area (Å²) in [6, 6.07) is 8.97. The molecule has 2 unspecified atom stereocenters. The second-order valence-electron chi connectivity index (χ2n) is 13.8. The fraction of sp³-hybridized carbons (Fsp3) is 0.588. The molecule has 228 valence electrons. The summed E-state index contributed by atoms with van der Waals surface area (Å²) in [4.78, 5) is 52.7. The van der Waals surface area contributed by atoms with Crippen LogP contribution >= 0.6 is 23.5 Å². The van der Waals surface area contributed by atoms with Crippen LogP contribution in [0.15, 0.2) is 39.6 Å². The SMILES string of the molecule is CC(CCC12CC3CC(CC(C3)C1)C2)C(=O)SCc1ccc(CSc2cccc3c2CN(C2CCC(=O)NC2=O)C3=O)o1. The summed E-state index contributed by atoms with van der Waals surface area (Å²) in [6.07, 6.45) is 11.4. The van der Waals surface area contributed by atoms with E-state index in [1.54, 1.807) is 22.7 Å². The van der Waals surface area contributed by atoms with Gasteiger partial charge in [-0.2, -0.15) is 0 Å². The average Bonchev–Trinajstić information content (AvgIpc) is 3.57. The molecule has 1 aromatic carbocycles. The highest BCUT2D eigenvalue weighted by Crippen LogP contribution is 2.61. The minimum atomic E-state index is -0.622. The van der Waals surface area contributed by atoms with E-state index >= 15 is 0 Å². The third-order valence-electron chi connectivity index (χ3n) is 10.7. The molecule has 2 aliphatic heterocycles. The highest BCUT2D eigenvalue weighted by Gasteiger charge is 2.50. The van der Waals surface area contributed by atoms with E-state index in [9.17, 15) is 19.2 Å². The summed E-state index contributed by atoms with van der Waals surface area (Å²) in [5.41, 5.74) is 2.05. The summed E-state index contributed by atoms with van der Waals surface area (Å²) < 4.78 is 6.08. The number of thioether (sulfide) groups is 2. The smallest absolute Gasteiger partial charge is 0.255 e. The zero-order chi connectivity index (χ0) is 29.7. The molecule has 2 atom stereocenters.